The first-order valence-electron chi connectivity index (χ1n) is 13.4. The van der Waals surface area contributed by atoms with E-state index in [0.717, 1.165) is 22.7 Å². The van der Waals surface area contributed by atoms with E-state index in [9.17, 15) is 19.2 Å². The lowest BCUT2D eigenvalue weighted by molar-refractivity contribution is -0.138. The Morgan fingerprint density at radius 3 is 2.04 bits per heavy atom. The number of Topliss-reactive ketones (excluding diaryl/α,β-unsaturated/α-hetero) is 1. The SMILES string of the molecule is COc1cc2sc(C(=O)N(C)CCC(=O)O)cc2c(F)c1OCCCOc1c(OC)cc2sc(C(=O)CCC(=O)O)nc2c1F. The largest absolute Gasteiger partial charge is 0.493 e. The van der Waals surface area contributed by atoms with Crippen LogP contribution in [0, 0.1) is 11.6 Å². The number of fused-ring (bicyclic) bond motifs is 2. The Hall–Kier alpha value is -4.57. The van der Waals surface area contributed by atoms with Crippen LogP contribution in [-0.2, 0) is 9.59 Å². The van der Waals surface area contributed by atoms with E-state index in [4.69, 9.17) is 29.2 Å². The summed E-state index contributed by atoms with van der Waals surface area (Å²) in [6, 6.07) is 4.38. The Morgan fingerprint density at radius 2 is 1.44 bits per heavy atom. The zero-order valence-corrected chi connectivity index (χ0v) is 25.9. The number of thiazole rings is 1. The van der Waals surface area contributed by atoms with Crippen molar-refractivity contribution in [2.45, 2.75) is 25.7 Å². The molecule has 2 aromatic heterocycles. The van der Waals surface area contributed by atoms with Crippen LogP contribution >= 0.6 is 22.7 Å². The molecular formula is C29H28F2N2O10S2. The van der Waals surface area contributed by atoms with Crippen molar-refractivity contribution in [2.75, 3.05) is 41.0 Å². The van der Waals surface area contributed by atoms with E-state index in [2.05, 4.69) is 4.98 Å². The topological polar surface area (TPSA) is 162 Å². The van der Waals surface area contributed by atoms with Gasteiger partial charge < -0.3 is 34.1 Å². The number of rotatable bonds is 16. The summed E-state index contributed by atoms with van der Waals surface area (Å²) in [5, 5.41) is 17.8. The molecule has 2 heterocycles. The molecule has 4 rings (SSSR count). The van der Waals surface area contributed by atoms with Crippen LogP contribution in [0.25, 0.3) is 20.3 Å². The molecule has 240 valence electrons. The van der Waals surface area contributed by atoms with E-state index in [-0.39, 0.29) is 89.2 Å². The lowest BCUT2D eigenvalue weighted by Gasteiger charge is -2.14. The minimum absolute atomic E-state index is 0.00658. The standard InChI is InChI=1S/C29H28F2N2O10S2/c1-33(8-7-22(37)38)29(39)20-11-14-18(44-20)12-16(40-2)26(23(14)30)42-9-4-10-43-27-17(41-3)13-19-25(24(27)31)32-28(45-19)15(34)5-6-21(35)36/h11-13H,4-10H2,1-3H3,(H,35,36)(H,37,38). The van der Waals surface area contributed by atoms with E-state index in [1.807, 2.05) is 0 Å². The number of carbonyl (C=O) groups excluding carboxylic acids is 2. The van der Waals surface area contributed by atoms with Crippen LogP contribution in [0.1, 0.15) is 45.2 Å². The van der Waals surface area contributed by atoms with Crippen LogP contribution in [0.3, 0.4) is 0 Å². The van der Waals surface area contributed by atoms with Crippen LogP contribution in [0.5, 0.6) is 23.0 Å². The van der Waals surface area contributed by atoms with Gasteiger partial charge in [-0.05, 0) is 6.07 Å². The molecule has 0 aliphatic heterocycles. The van der Waals surface area contributed by atoms with Crippen LogP contribution in [0.4, 0.5) is 8.78 Å². The van der Waals surface area contributed by atoms with Gasteiger partial charge in [0, 0.05) is 48.7 Å². The maximum absolute atomic E-state index is 15.5. The third-order valence-electron chi connectivity index (χ3n) is 6.47. The van der Waals surface area contributed by atoms with Crippen molar-refractivity contribution in [3.05, 3.63) is 39.7 Å². The summed E-state index contributed by atoms with van der Waals surface area (Å²) in [4.78, 5) is 52.1. The summed E-state index contributed by atoms with van der Waals surface area (Å²) >= 11 is 1.95. The normalized spacial score (nSPS) is 11.0. The van der Waals surface area contributed by atoms with Crippen LogP contribution < -0.4 is 18.9 Å². The van der Waals surface area contributed by atoms with E-state index in [1.54, 1.807) is 0 Å². The van der Waals surface area contributed by atoms with Gasteiger partial charge in [0.05, 0.1) is 49.9 Å². The average Bonchev–Trinajstić information content (AvgIpc) is 3.64. The first kappa shape index (κ1) is 33.3. The molecule has 0 saturated heterocycles. The molecule has 0 fully saturated rings. The quantitative estimate of drug-likeness (QED) is 0.119. The van der Waals surface area contributed by atoms with Crippen molar-refractivity contribution in [1.82, 2.24) is 9.88 Å². The van der Waals surface area contributed by atoms with Crippen molar-refractivity contribution < 1.29 is 57.1 Å². The molecule has 1 amide bonds. The third kappa shape index (κ3) is 7.57. The monoisotopic (exact) mass is 666 g/mol. The van der Waals surface area contributed by atoms with Gasteiger partial charge in [0.15, 0.2) is 45.4 Å². The summed E-state index contributed by atoms with van der Waals surface area (Å²) in [5.74, 6) is -5.02. The summed E-state index contributed by atoms with van der Waals surface area (Å²) in [6.07, 6.45) is -0.692. The minimum Gasteiger partial charge on any atom is -0.493 e. The van der Waals surface area contributed by atoms with Gasteiger partial charge in [0.1, 0.15) is 5.52 Å². The van der Waals surface area contributed by atoms with Crippen molar-refractivity contribution >= 4 is 66.6 Å². The number of amides is 1. The molecule has 0 aliphatic carbocycles. The number of methoxy groups -OCH3 is 2. The lowest BCUT2D eigenvalue weighted by Crippen LogP contribution is -2.28. The number of thiophene rings is 1. The molecule has 2 N–H and O–H groups in total. The Kier molecular flexibility index (Phi) is 10.7. The number of nitrogens with zero attached hydrogens (tertiary/aromatic N) is 2. The summed E-state index contributed by atoms with van der Waals surface area (Å²) in [6.45, 7) is -0.135. The number of hydrogen-bond donors (Lipinski definition) is 2. The zero-order valence-electron chi connectivity index (χ0n) is 24.3. The van der Waals surface area contributed by atoms with Gasteiger partial charge in [-0.25, -0.2) is 13.8 Å². The highest BCUT2D eigenvalue weighted by atomic mass is 32.1. The highest BCUT2D eigenvalue weighted by Gasteiger charge is 2.24. The second-order valence-electron chi connectivity index (χ2n) is 9.57. The Labute approximate surface area is 262 Å². The minimum atomic E-state index is -1.13. The van der Waals surface area contributed by atoms with E-state index >= 15 is 8.78 Å². The lowest BCUT2D eigenvalue weighted by atomic mass is 10.2. The number of benzene rings is 2. The summed E-state index contributed by atoms with van der Waals surface area (Å²) in [5.41, 5.74) is -0.118. The number of ether oxygens (including phenoxy) is 4. The number of carboxylic acid groups (broad SMARTS) is 2. The van der Waals surface area contributed by atoms with Crippen LogP contribution in [0.15, 0.2) is 18.2 Å². The first-order valence-corrected chi connectivity index (χ1v) is 15.0. The molecule has 0 aliphatic rings. The Morgan fingerprint density at radius 1 is 0.844 bits per heavy atom. The molecule has 0 spiro atoms. The molecule has 0 saturated carbocycles. The van der Waals surface area contributed by atoms with Gasteiger partial charge in [-0.3, -0.25) is 19.2 Å². The smallest absolute Gasteiger partial charge is 0.305 e. The van der Waals surface area contributed by atoms with Gasteiger partial charge >= 0.3 is 11.9 Å². The predicted molar refractivity (Wildman–Crippen MR) is 160 cm³/mol. The number of hydrogen-bond acceptors (Lipinski definition) is 11. The number of aromatic nitrogens is 1. The molecule has 0 atom stereocenters. The van der Waals surface area contributed by atoms with Gasteiger partial charge in [-0.15, -0.1) is 22.7 Å². The van der Waals surface area contributed by atoms with Crippen LogP contribution in [0.2, 0.25) is 0 Å². The molecular weight excluding hydrogens is 638 g/mol. The number of carboxylic acids is 2. The maximum atomic E-state index is 15.5. The van der Waals surface area contributed by atoms with Crippen molar-refractivity contribution in [1.29, 1.82) is 0 Å². The number of halogens is 2. The molecule has 0 radical (unpaired) electrons. The third-order valence-corrected chi connectivity index (χ3v) is 8.59. The van der Waals surface area contributed by atoms with E-state index in [1.165, 1.54) is 44.4 Å². The molecule has 0 bridgehead atoms. The van der Waals surface area contributed by atoms with Gasteiger partial charge in [-0.2, -0.15) is 0 Å². The van der Waals surface area contributed by atoms with Gasteiger partial charge in [-0.1, -0.05) is 0 Å². The first-order chi connectivity index (χ1) is 21.4. The van der Waals surface area contributed by atoms with Gasteiger partial charge in [0.25, 0.3) is 5.91 Å². The fraction of sp³-hybridized carbons (Fsp3) is 0.345. The highest BCUT2D eigenvalue weighted by molar-refractivity contribution is 7.21. The Balaban J connectivity index is 1.43. The highest BCUT2D eigenvalue weighted by Crippen LogP contribution is 2.41. The summed E-state index contributed by atoms with van der Waals surface area (Å²) in [7, 11) is 4.12. The maximum Gasteiger partial charge on any atom is 0.305 e. The Bertz CT molecular complexity index is 1770. The fourth-order valence-electron chi connectivity index (χ4n) is 4.17. The van der Waals surface area contributed by atoms with E-state index < -0.39 is 35.3 Å². The number of ketones is 1. The van der Waals surface area contributed by atoms with Crippen molar-refractivity contribution in [3.63, 3.8) is 0 Å². The average molecular weight is 667 g/mol. The zero-order chi connectivity index (χ0) is 32.8. The molecule has 2 aromatic carbocycles. The molecule has 16 heteroatoms. The van der Waals surface area contributed by atoms with Gasteiger partial charge in [0.2, 0.25) is 0 Å². The molecule has 45 heavy (non-hydrogen) atoms. The predicted octanol–water partition coefficient (Wildman–Crippen LogP) is 5.25. The van der Waals surface area contributed by atoms with Crippen molar-refractivity contribution in [2.24, 2.45) is 0 Å². The number of aliphatic carboxylic acids is 2. The molecule has 0 unspecified atom stereocenters. The van der Waals surface area contributed by atoms with E-state index in [0.29, 0.717) is 9.40 Å². The molecule has 4 aromatic rings. The summed E-state index contributed by atoms with van der Waals surface area (Å²) < 4.78 is 53.5. The second-order valence-corrected chi connectivity index (χ2v) is 11.7. The second kappa shape index (κ2) is 14.5. The van der Waals surface area contributed by atoms with Crippen LogP contribution in [-0.4, -0.2) is 84.8 Å². The fourth-order valence-corrected chi connectivity index (χ4v) is 6.21. The van der Waals surface area contributed by atoms with Crippen molar-refractivity contribution in [3.8, 4) is 23.0 Å². The molecule has 12 nitrogen and oxygen atoms in total. The number of carbonyl (C=O) groups is 4.